The summed E-state index contributed by atoms with van der Waals surface area (Å²) < 4.78 is 12.7. The Kier molecular flexibility index (Phi) is 4.92. The van der Waals surface area contributed by atoms with Crippen molar-refractivity contribution in [1.82, 2.24) is 5.32 Å². The summed E-state index contributed by atoms with van der Waals surface area (Å²) in [6.45, 7) is 2.61. The van der Waals surface area contributed by atoms with Crippen molar-refractivity contribution in [1.29, 1.82) is 0 Å². The third-order valence-electron chi connectivity index (χ3n) is 2.39. The van der Waals surface area contributed by atoms with Crippen LogP contribution in [0.2, 0.25) is 0 Å². The van der Waals surface area contributed by atoms with Gasteiger partial charge < -0.3 is 10.4 Å². The lowest BCUT2D eigenvalue weighted by Gasteiger charge is -2.13. The van der Waals surface area contributed by atoms with Crippen molar-refractivity contribution in [2.24, 2.45) is 0 Å². The van der Waals surface area contributed by atoms with Gasteiger partial charge in [-0.05, 0) is 37.6 Å². The van der Waals surface area contributed by atoms with E-state index in [1.54, 1.807) is 12.1 Å². The van der Waals surface area contributed by atoms with Crippen LogP contribution in [0.1, 0.15) is 31.4 Å². The van der Waals surface area contributed by atoms with Gasteiger partial charge >= 0.3 is 5.97 Å². The summed E-state index contributed by atoms with van der Waals surface area (Å²) in [5.74, 6) is -1.03. The first-order valence-corrected chi connectivity index (χ1v) is 5.30. The first kappa shape index (κ1) is 12.6. The molecule has 0 unspecified atom stereocenters. The number of carboxylic acids is 1. The molecule has 0 bridgehead atoms. The lowest BCUT2D eigenvalue weighted by Crippen LogP contribution is -2.20. The Morgan fingerprint density at radius 1 is 1.44 bits per heavy atom. The van der Waals surface area contributed by atoms with Crippen LogP contribution in [0, 0.1) is 5.82 Å². The molecule has 88 valence electrons. The number of carbonyl (C=O) groups is 1. The molecule has 3 nitrogen and oxygen atoms in total. The number of aliphatic carboxylic acids is 1. The minimum absolute atomic E-state index is 0.106. The molecule has 0 saturated heterocycles. The minimum atomic E-state index is -0.781. The number of benzene rings is 1. The van der Waals surface area contributed by atoms with Crippen molar-refractivity contribution >= 4 is 5.97 Å². The van der Waals surface area contributed by atoms with E-state index in [1.807, 2.05) is 6.92 Å². The summed E-state index contributed by atoms with van der Waals surface area (Å²) in [4.78, 5) is 10.3. The fraction of sp³-hybridized carbons (Fsp3) is 0.417. The molecule has 0 heterocycles. The average molecular weight is 225 g/mol. The second-order valence-corrected chi connectivity index (χ2v) is 3.72. The van der Waals surface area contributed by atoms with Crippen molar-refractivity contribution in [3.63, 3.8) is 0 Å². The Morgan fingerprint density at radius 2 is 2.06 bits per heavy atom. The maximum absolute atomic E-state index is 12.7. The predicted molar refractivity (Wildman–Crippen MR) is 59.7 cm³/mol. The molecule has 2 N–H and O–H groups in total. The normalized spacial score (nSPS) is 12.4. The minimum Gasteiger partial charge on any atom is -0.481 e. The molecule has 0 saturated carbocycles. The lowest BCUT2D eigenvalue weighted by atomic mass is 10.1. The topological polar surface area (TPSA) is 49.3 Å². The molecular formula is C12H16FNO2. The number of halogens is 1. The van der Waals surface area contributed by atoms with Crippen LogP contribution in [-0.2, 0) is 4.79 Å². The van der Waals surface area contributed by atoms with Crippen molar-refractivity contribution in [3.8, 4) is 0 Å². The van der Waals surface area contributed by atoms with Crippen LogP contribution in [0.25, 0.3) is 0 Å². The average Bonchev–Trinajstić information content (AvgIpc) is 2.25. The molecule has 0 spiro atoms. The SMILES string of the molecule is C[C@@H](NCCCC(=O)O)c1ccc(F)cc1. The quantitative estimate of drug-likeness (QED) is 0.730. The van der Waals surface area contributed by atoms with Gasteiger partial charge in [0.2, 0.25) is 0 Å². The summed E-state index contributed by atoms with van der Waals surface area (Å²) in [6, 6.07) is 6.40. The number of hydrogen-bond donors (Lipinski definition) is 2. The molecule has 0 radical (unpaired) electrons. The maximum atomic E-state index is 12.7. The van der Waals surface area contributed by atoms with E-state index in [0.29, 0.717) is 13.0 Å². The number of rotatable bonds is 6. The van der Waals surface area contributed by atoms with E-state index in [4.69, 9.17) is 5.11 Å². The molecule has 1 aromatic carbocycles. The number of hydrogen-bond acceptors (Lipinski definition) is 2. The molecule has 0 fully saturated rings. The molecule has 4 heteroatoms. The van der Waals surface area contributed by atoms with E-state index in [9.17, 15) is 9.18 Å². The largest absolute Gasteiger partial charge is 0.481 e. The second-order valence-electron chi connectivity index (χ2n) is 3.72. The monoisotopic (exact) mass is 225 g/mol. The highest BCUT2D eigenvalue weighted by atomic mass is 19.1. The van der Waals surface area contributed by atoms with Crippen LogP contribution in [0.3, 0.4) is 0 Å². The van der Waals surface area contributed by atoms with Gasteiger partial charge in [0.15, 0.2) is 0 Å². The highest BCUT2D eigenvalue weighted by molar-refractivity contribution is 5.66. The first-order chi connectivity index (χ1) is 7.59. The van der Waals surface area contributed by atoms with Crippen LogP contribution >= 0.6 is 0 Å². The third kappa shape index (κ3) is 4.40. The van der Waals surface area contributed by atoms with Gasteiger partial charge in [-0.2, -0.15) is 0 Å². The fourth-order valence-corrected chi connectivity index (χ4v) is 1.43. The summed E-state index contributed by atoms with van der Waals surface area (Å²) in [5.41, 5.74) is 0.997. The zero-order valence-electron chi connectivity index (χ0n) is 9.24. The summed E-state index contributed by atoms with van der Waals surface area (Å²) in [6.07, 6.45) is 0.768. The highest BCUT2D eigenvalue weighted by Crippen LogP contribution is 2.12. The molecule has 0 amide bonds. The van der Waals surface area contributed by atoms with Crippen LogP contribution < -0.4 is 5.32 Å². The van der Waals surface area contributed by atoms with E-state index in [2.05, 4.69) is 5.32 Å². The van der Waals surface area contributed by atoms with Crippen LogP contribution in [0.5, 0.6) is 0 Å². The Balaban J connectivity index is 2.32. The van der Waals surface area contributed by atoms with Gasteiger partial charge in [-0.15, -0.1) is 0 Å². The standard InChI is InChI=1S/C12H16FNO2/c1-9(14-8-2-3-12(15)16)10-4-6-11(13)7-5-10/h4-7,9,14H,2-3,8H2,1H3,(H,15,16)/t9-/m1/s1. The van der Waals surface area contributed by atoms with Gasteiger partial charge in [-0.3, -0.25) is 4.79 Å². The van der Waals surface area contributed by atoms with Crippen LogP contribution in [-0.4, -0.2) is 17.6 Å². The molecule has 0 aliphatic carbocycles. The fourth-order valence-electron chi connectivity index (χ4n) is 1.43. The molecule has 1 rings (SSSR count). The summed E-state index contributed by atoms with van der Waals surface area (Å²) in [5, 5.41) is 11.6. The zero-order chi connectivity index (χ0) is 12.0. The van der Waals surface area contributed by atoms with E-state index in [0.717, 1.165) is 5.56 Å². The molecule has 0 aliphatic rings. The molecular weight excluding hydrogens is 209 g/mol. The second kappa shape index (κ2) is 6.23. The first-order valence-electron chi connectivity index (χ1n) is 5.30. The van der Waals surface area contributed by atoms with E-state index in [1.165, 1.54) is 12.1 Å². The summed E-state index contributed by atoms with van der Waals surface area (Å²) >= 11 is 0. The smallest absolute Gasteiger partial charge is 0.303 e. The predicted octanol–water partition coefficient (Wildman–Crippen LogP) is 2.34. The summed E-state index contributed by atoms with van der Waals surface area (Å²) in [7, 11) is 0. The van der Waals surface area contributed by atoms with Crippen molar-refractivity contribution in [3.05, 3.63) is 35.6 Å². The van der Waals surface area contributed by atoms with Gasteiger partial charge in [-0.1, -0.05) is 12.1 Å². The highest BCUT2D eigenvalue weighted by Gasteiger charge is 2.04. The zero-order valence-corrected chi connectivity index (χ0v) is 9.24. The molecule has 16 heavy (non-hydrogen) atoms. The number of nitrogens with one attached hydrogen (secondary N) is 1. The Hall–Kier alpha value is -1.42. The van der Waals surface area contributed by atoms with E-state index < -0.39 is 5.97 Å². The van der Waals surface area contributed by atoms with Gasteiger partial charge in [0.05, 0.1) is 0 Å². The Morgan fingerprint density at radius 3 is 2.62 bits per heavy atom. The van der Waals surface area contributed by atoms with Crippen molar-refractivity contribution in [2.75, 3.05) is 6.54 Å². The third-order valence-corrected chi connectivity index (χ3v) is 2.39. The number of carboxylic acid groups (broad SMARTS) is 1. The lowest BCUT2D eigenvalue weighted by molar-refractivity contribution is -0.137. The molecule has 1 aromatic rings. The molecule has 0 aliphatic heterocycles. The van der Waals surface area contributed by atoms with Gasteiger partial charge in [0.1, 0.15) is 5.82 Å². The van der Waals surface area contributed by atoms with E-state index in [-0.39, 0.29) is 18.3 Å². The Labute approximate surface area is 94.3 Å². The maximum Gasteiger partial charge on any atom is 0.303 e. The molecule has 1 atom stereocenters. The van der Waals surface area contributed by atoms with Gasteiger partial charge in [-0.25, -0.2) is 4.39 Å². The van der Waals surface area contributed by atoms with Crippen LogP contribution in [0.15, 0.2) is 24.3 Å². The van der Waals surface area contributed by atoms with Gasteiger partial charge in [0, 0.05) is 12.5 Å². The molecule has 0 aromatic heterocycles. The Bertz CT molecular complexity index is 337. The van der Waals surface area contributed by atoms with Crippen LogP contribution in [0.4, 0.5) is 4.39 Å². The van der Waals surface area contributed by atoms with Gasteiger partial charge in [0.25, 0.3) is 0 Å². The van der Waals surface area contributed by atoms with Crippen molar-refractivity contribution < 1.29 is 14.3 Å². The van der Waals surface area contributed by atoms with Crippen molar-refractivity contribution in [2.45, 2.75) is 25.8 Å². The van der Waals surface area contributed by atoms with E-state index >= 15 is 0 Å².